The summed E-state index contributed by atoms with van der Waals surface area (Å²) in [4.78, 5) is 18.1. The number of hydrogen-bond donors (Lipinski definition) is 2. The van der Waals surface area contributed by atoms with E-state index in [-0.39, 0.29) is 5.69 Å². The van der Waals surface area contributed by atoms with Crippen LogP contribution >= 0.6 is 0 Å². The van der Waals surface area contributed by atoms with Crippen molar-refractivity contribution in [2.24, 2.45) is 0 Å². The zero-order valence-electron chi connectivity index (χ0n) is 14.4. The molecule has 0 aliphatic carbocycles. The van der Waals surface area contributed by atoms with Crippen LogP contribution in [0.25, 0.3) is 11.4 Å². The second-order valence-corrected chi connectivity index (χ2v) is 5.96. The molecule has 2 aromatic carbocycles. The number of aromatic amines is 1. The molecule has 3 rings (SSSR count). The van der Waals surface area contributed by atoms with Gasteiger partial charge in [-0.25, -0.2) is 9.78 Å². The highest BCUT2D eigenvalue weighted by Gasteiger charge is 2.15. The summed E-state index contributed by atoms with van der Waals surface area (Å²) < 4.78 is 5.76. The van der Waals surface area contributed by atoms with Crippen LogP contribution in [0.5, 0.6) is 5.75 Å². The van der Waals surface area contributed by atoms with E-state index in [9.17, 15) is 10.1 Å². The van der Waals surface area contributed by atoms with Crippen LogP contribution in [0.2, 0.25) is 0 Å². The van der Waals surface area contributed by atoms with E-state index in [1.54, 1.807) is 25.1 Å². The molecule has 26 heavy (non-hydrogen) atoms. The van der Waals surface area contributed by atoms with Crippen molar-refractivity contribution in [1.29, 1.82) is 5.26 Å². The van der Waals surface area contributed by atoms with E-state index in [4.69, 9.17) is 9.84 Å². The number of aromatic carboxylic acids is 1. The predicted octanol–water partition coefficient (Wildman–Crippen LogP) is 3.84. The molecule has 130 valence electrons. The summed E-state index contributed by atoms with van der Waals surface area (Å²) in [5, 5.41) is 18.5. The lowest BCUT2D eigenvalue weighted by atomic mass is 10.1. The number of aromatic nitrogens is 2. The second-order valence-electron chi connectivity index (χ2n) is 5.96. The second kappa shape index (κ2) is 7.11. The molecule has 0 spiro atoms. The summed E-state index contributed by atoms with van der Waals surface area (Å²) >= 11 is 0. The van der Waals surface area contributed by atoms with Crippen molar-refractivity contribution in [1.82, 2.24) is 9.97 Å². The number of nitrogens with zero attached hydrogens (tertiary/aromatic N) is 2. The SMILES string of the molecule is Cc1ccc(COc2ccc(-c3nc(C(=O)O)c(C)[nH]3)cc2C#N)cc1. The van der Waals surface area contributed by atoms with Crippen molar-refractivity contribution >= 4 is 5.97 Å². The number of nitriles is 1. The lowest BCUT2D eigenvalue weighted by Crippen LogP contribution is -1.99. The number of carbonyl (C=O) groups is 1. The zero-order valence-corrected chi connectivity index (χ0v) is 14.4. The molecule has 6 heteroatoms. The third-order valence-corrected chi connectivity index (χ3v) is 3.98. The molecule has 0 amide bonds. The molecule has 0 saturated heterocycles. The summed E-state index contributed by atoms with van der Waals surface area (Å²) in [5.74, 6) is -0.219. The van der Waals surface area contributed by atoms with Crippen LogP contribution in [0, 0.1) is 25.2 Å². The van der Waals surface area contributed by atoms with Gasteiger partial charge in [-0.2, -0.15) is 5.26 Å². The molecule has 0 aliphatic rings. The van der Waals surface area contributed by atoms with Crippen LogP contribution in [0.4, 0.5) is 0 Å². The Morgan fingerprint density at radius 1 is 1.23 bits per heavy atom. The maximum Gasteiger partial charge on any atom is 0.356 e. The number of carboxylic acids is 1. The molecular formula is C20H17N3O3. The molecule has 0 aliphatic heterocycles. The Morgan fingerprint density at radius 2 is 1.96 bits per heavy atom. The first-order valence-electron chi connectivity index (χ1n) is 8.00. The maximum absolute atomic E-state index is 11.1. The number of H-pyrrole nitrogens is 1. The van der Waals surface area contributed by atoms with Crippen molar-refractivity contribution in [2.45, 2.75) is 20.5 Å². The van der Waals surface area contributed by atoms with Crippen LogP contribution in [-0.4, -0.2) is 21.0 Å². The Hall–Kier alpha value is -3.59. The number of rotatable bonds is 5. The van der Waals surface area contributed by atoms with Gasteiger partial charge in [0.1, 0.15) is 24.3 Å². The summed E-state index contributed by atoms with van der Waals surface area (Å²) in [5.41, 5.74) is 3.60. The van der Waals surface area contributed by atoms with Gasteiger partial charge in [0, 0.05) is 11.3 Å². The normalized spacial score (nSPS) is 10.3. The van der Waals surface area contributed by atoms with Crippen LogP contribution in [0.1, 0.15) is 32.9 Å². The van der Waals surface area contributed by atoms with Gasteiger partial charge in [-0.3, -0.25) is 0 Å². The van der Waals surface area contributed by atoms with E-state index in [0.717, 1.165) is 5.56 Å². The minimum atomic E-state index is -1.09. The van der Waals surface area contributed by atoms with Gasteiger partial charge in [-0.1, -0.05) is 29.8 Å². The van der Waals surface area contributed by atoms with Crippen molar-refractivity contribution in [2.75, 3.05) is 0 Å². The van der Waals surface area contributed by atoms with Gasteiger partial charge in [-0.05, 0) is 37.6 Å². The number of hydrogen-bond acceptors (Lipinski definition) is 4. The lowest BCUT2D eigenvalue weighted by molar-refractivity contribution is 0.0690. The molecule has 1 heterocycles. The first kappa shape index (κ1) is 17.2. The van der Waals surface area contributed by atoms with Crippen molar-refractivity contribution < 1.29 is 14.6 Å². The average molecular weight is 347 g/mol. The first-order chi connectivity index (χ1) is 12.5. The Balaban J connectivity index is 1.84. The molecule has 3 aromatic rings. The van der Waals surface area contributed by atoms with Gasteiger partial charge < -0.3 is 14.8 Å². The number of carboxylic acid groups (broad SMARTS) is 1. The summed E-state index contributed by atoms with van der Waals surface area (Å²) in [6.45, 7) is 4.02. The van der Waals surface area contributed by atoms with Gasteiger partial charge in [0.05, 0.1) is 5.56 Å². The molecule has 6 nitrogen and oxygen atoms in total. The van der Waals surface area contributed by atoms with Gasteiger partial charge >= 0.3 is 5.97 Å². The molecule has 0 fully saturated rings. The predicted molar refractivity (Wildman–Crippen MR) is 95.9 cm³/mol. The fraction of sp³-hybridized carbons (Fsp3) is 0.150. The number of benzene rings is 2. The average Bonchev–Trinajstić information content (AvgIpc) is 3.03. The van der Waals surface area contributed by atoms with Crippen LogP contribution in [-0.2, 0) is 6.61 Å². The van der Waals surface area contributed by atoms with Gasteiger partial charge in [0.2, 0.25) is 0 Å². The lowest BCUT2D eigenvalue weighted by Gasteiger charge is -2.09. The molecule has 0 bridgehead atoms. The third-order valence-electron chi connectivity index (χ3n) is 3.98. The Labute approximate surface area is 150 Å². The van der Waals surface area contributed by atoms with Crippen molar-refractivity contribution in [3.63, 3.8) is 0 Å². The number of nitrogens with one attached hydrogen (secondary N) is 1. The third kappa shape index (κ3) is 3.57. The molecular weight excluding hydrogens is 330 g/mol. The fourth-order valence-electron chi connectivity index (χ4n) is 2.54. The molecule has 2 N–H and O–H groups in total. The number of ether oxygens (including phenoxy) is 1. The minimum Gasteiger partial charge on any atom is -0.488 e. The Morgan fingerprint density at radius 3 is 2.58 bits per heavy atom. The molecule has 0 radical (unpaired) electrons. The summed E-state index contributed by atoms with van der Waals surface area (Å²) in [6.07, 6.45) is 0. The van der Waals surface area contributed by atoms with E-state index >= 15 is 0 Å². The van der Waals surface area contributed by atoms with E-state index in [2.05, 4.69) is 16.0 Å². The molecule has 1 aromatic heterocycles. The maximum atomic E-state index is 11.1. The van der Waals surface area contributed by atoms with Gasteiger partial charge in [0.25, 0.3) is 0 Å². The highest BCUT2D eigenvalue weighted by molar-refractivity contribution is 5.87. The van der Waals surface area contributed by atoms with Crippen LogP contribution < -0.4 is 4.74 Å². The quantitative estimate of drug-likeness (QED) is 0.730. The largest absolute Gasteiger partial charge is 0.488 e. The smallest absolute Gasteiger partial charge is 0.356 e. The van der Waals surface area contributed by atoms with Gasteiger partial charge in [0.15, 0.2) is 5.69 Å². The minimum absolute atomic E-state index is 0.0294. The van der Waals surface area contributed by atoms with Crippen molar-refractivity contribution in [3.05, 3.63) is 70.5 Å². The first-order valence-corrected chi connectivity index (χ1v) is 8.00. The van der Waals surface area contributed by atoms with Crippen LogP contribution in [0.15, 0.2) is 42.5 Å². The van der Waals surface area contributed by atoms with Crippen molar-refractivity contribution in [3.8, 4) is 23.2 Å². The van der Waals surface area contributed by atoms with E-state index in [0.29, 0.717) is 35.0 Å². The highest BCUT2D eigenvalue weighted by atomic mass is 16.5. The fourth-order valence-corrected chi connectivity index (χ4v) is 2.54. The molecule has 0 saturated carbocycles. The van der Waals surface area contributed by atoms with E-state index in [1.165, 1.54) is 5.56 Å². The number of imidazole rings is 1. The van der Waals surface area contributed by atoms with E-state index in [1.807, 2.05) is 31.2 Å². The Kier molecular flexibility index (Phi) is 4.72. The summed E-state index contributed by atoms with van der Waals surface area (Å²) in [6, 6.07) is 15.2. The zero-order chi connectivity index (χ0) is 18.7. The van der Waals surface area contributed by atoms with Crippen LogP contribution in [0.3, 0.4) is 0 Å². The van der Waals surface area contributed by atoms with Gasteiger partial charge in [-0.15, -0.1) is 0 Å². The Bertz CT molecular complexity index is 998. The van der Waals surface area contributed by atoms with E-state index < -0.39 is 5.97 Å². The monoisotopic (exact) mass is 347 g/mol. The topological polar surface area (TPSA) is 99.0 Å². The highest BCUT2D eigenvalue weighted by Crippen LogP contribution is 2.26. The molecule has 0 unspecified atom stereocenters. The number of aryl methyl sites for hydroxylation is 2. The molecule has 0 atom stereocenters. The summed E-state index contributed by atoms with van der Waals surface area (Å²) in [7, 11) is 0. The standard InChI is InChI=1S/C20H17N3O3/c1-12-3-5-14(6-4-12)11-26-17-8-7-15(9-16(17)10-21)19-22-13(2)18(23-19)20(24)25/h3-9H,11H2,1-2H3,(H,22,23)(H,24,25).